The zero-order valence-corrected chi connectivity index (χ0v) is 16.3. The number of carbonyl (C=O) groups is 1. The van der Waals surface area contributed by atoms with E-state index in [9.17, 15) is 4.79 Å². The fourth-order valence-corrected chi connectivity index (χ4v) is 3.13. The molecule has 0 fully saturated rings. The van der Waals surface area contributed by atoms with Gasteiger partial charge in [-0.1, -0.05) is 48.5 Å². The van der Waals surface area contributed by atoms with E-state index in [1.807, 2.05) is 55.5 Å². The fraction of sp³-hybridized carbons (Fsp3) is 0.0833. The second kappa shape index (κ2) is 9.37. The van der Waals surface area contributed by atoms with E-state index in [2.05, 4.69) is 28.5 Å². The molecule has 0 aliphatic rings. The van der Waals surface area contributed by atoms with Gasteiger partial charge in [0.15, 0.2) is 0 Å². The average Bonchev–Trinajstić information content (AvgIpc) is 2.73. The SMILES string of the molecule is Cc1cnc(N)c(C(=C/Cc2ccccc2)/C(=C\NC=O)c2cccc(N)c2)c1. The maximum atomic E-state index is 11.0. The monoisotopic (exact) mass is 384 g/mol. The molecule has 1 heterocycles. The molecule has 0 aliphatic carbocycles. The predicted octanol–water partition coefficient (Wildman–Crippen LogP) is 3.97. The van der Waals surface area contributed by atoms with Gasteiger partial charge in [-0.15, -0.1) is 0 Å². The molecule has 1 amide bonds. The van der Waals surface area contributed by atoms with Gasteiger partial charge in [-0.2, -0.15) is 0 Å². The summed E-state index contributed by atoms with van der Waals surface area (Å²) in [6.45, 7) is 1.97. The quantitative estimate of drug-likeness (QED) is 0.326. The summed E-state index contributed by atoms with van der Waals surface area (Å²) in [7, 11) is 0. The highest BCUT2D eigenvalue weighted by atomic mass is 16.1. The highest BCUT2D eigenvalue weighted by Gasteiger charge is 2.15. The minimum absolute atomic E-state index is 0.427. The summed E-state index contributed by atoms with van der Waals surface area (Å²) in [4.78, 5) is 15.4. The van der Waals surface area contributed by atoms with Crippen LogP contribution in [0, 0.1) is 6.92 Å². The first-order valence-electron chi connectivity index (χ1n) is 9.31. The Labute approximate surface area is 170 Å². The summed E-state index contributed by atoms with van der Waals surface area (Å²) < 4.78 is 0. The molecule has 5 nitrogen and oxygen atoms in total. The number of nitrogens with zero attached hydrogens (tertiary/aromatic N) is 1. The van der Waals surface area contributed by atoms with Crippen molar-refractivity contribution in [2.45, 2.75) is 13.3 Å². The lowest BCUT2D eigenvalue weighted by molar-refractivity contribution is -0.108. The summed E-state index contributed by atoms with van der Waals surface area (Å²) in [6, 6.07) is 19.7. The molecule has 5 N–H and O–H groups in total. The molecule has 146 valence electrons. The zero-order chi connectivity index (χ0) is 20.6. The fourth-order valence-electron chi connectivity index (χ4n) is 3.13. The third-order valence-electron chi connectivity index (χ3n) is 4.51. The summed E-state index contributed by atoms with van der Waals surface area (Å²) in [6.07, 6.45) is 6.84. The van der Waals surface area contributed by atoms with Crippen LogP contribution in [0.4, 0.5) is 11.5 Å². The number of benzene rings is 2. The third kappa shape index (κ3) is 5.11. The van der Waals surface area contributed by atoms with Gasteiger partial charge >= 0.3 is 0 Å². The maximum absolute atomic E-state index is 11.0. The van der Waals surface area contributed by atoms with Gasteiger partial charge in [-0.25, -0.2) is 4.98 Å². The highest BCUT2D eigenvalue weighted by Crippen LogP contribution is 2.34. The van der Waals surface area contributed by atoms with Crippen LogP contribution < -0.4 is 16.8 Å². The zero-order valence-electron chi connectivity index (χ0n) is 16.3. The number of allylic oxidation sites excluding steroid dienone is 3. The predicted molar refractivity (Wildman–Crippen MR) is 120 cm³/mol. The number of rotatable bonds is 7. The summed E-state index contributed by atoms with van der Waals surface area (Å²) in [5.41, 5.74) is 18.4. The normalized spacial score (nSPS) is 11.9. The van der Waals surface area contributed by atoms with Crippen molar-refractivity contribution < 1.29 is 4.79 Å². The summed E-state index contributed by atoms with van der Waals surface area (Å²) >= 11 is 0. The Balaban J connectivity index is 2.18. The van der Waals surface area contributed by atoms with Crippen molar-refractivity contribution in [1.29, 1.82) is 0 Å². The molecule has 29 heavy (non-hydrogen) atoms. The molecule has 3 rings (SSSR count). The van der Waals surface area contributed by atoms with Crippen molar-refractivity contribution in [3.05, 3.63) is 101 Å². The molecular formula is C24H24N4O. The molecule has 1 aromatic heterocycles. The molecular weight excluding hydrogens is 360 g/mol. The van der Waals surface area contributed by atoms with Crippen molar-refractivity contribution in [2.24, 2.45) is 0 Å². The number of nitrogen functional groups attached to an aromatic ring is 2. The van der Waals surface area contributed by atoms with Gasteiger partial charge in [0.2, 0.25) is 6.41 Å². The number of amides is 1. The summed E-state index contributed by atoms with van der Waals surface area (Å²) in [5.74, 6) is 0.427. The van der Waals surface area contributed by atoms with Crippen LogP contribution in [0.2, 0.25) is 0 Å². The third-order valence-corrected chi connectivity index (χ3v) is 4.51. The van der Waals surface area contributed by atoms with Crippen molar-refractivity contribution in [1.82, 2.24) is 10.3 Å². The first-order valence-corrected chi connectivity index (χ1v) is 9.31. The van der Waals surface area contributed by atoms with E-state index in [4.69, 9.17) is 11.5 Å². The average molecular weight is 384 g/mol. The largest absolute Gasteiger partial charge is 0.399 e. The van der Waals surface area contributed by atoms with Crippen LogP contribution in [-0.2, 0) is 11.2 Å². The van der Waals surface area contributed by atoms with Crippen molar-refractivity contribution in [2.75, 3.05) is 11.5 Å². The number of anilines is 2. The molecule has 0 unspecified atom stereocenters. The van der Waals surface area contributed by atoms with E-state index in [-0.39, 0.29) is 0 Å². The molecule has 5 heteroatoms. The molecule has 3 aromatic rings. The molecule has 0 atom stereocenters. The van der Waals surface area contributed by atoms with E-state index in [1.54, 1.807) is 12.4 Å². The number of aryl methyl sites for hydroxylation is 1. The van der Waals surface area contributed by atoms with E-state index < -0.39 is 0 Å². The Morgan fingerprint density at radius 1 is 1.03 bits per heavy atom. The number of pyridine rings is 1. The lowest BCUT2D eigenvalue weighted by atomic mass is 9.91. The molecule has 0 radical (unpaired) electrons. The second-order valence-corrected chi connectivity index (χ2v) is 6.72. The van der Waals surface area contributed by atoms with Gasteiger partial charge in [0.25, 0.3) is 0 Å². The Bertz CT molecular complexity index is 1060. The topological polar surface area (TPSA) is 94.0 Å². The van der Waals surface area contributed by atoms with Crippen LogP contribution in [0.15, 0.2) is 79.1 Å². The van der Waals surface area contributed by atoms with E-state index in [0.717, 1.165) is 27.8 Å². The molecule has 0 spiro atoms. The van der Waals surface area contributed by atoms with E-state index >= 15 is 0 Å². The van der Waals surface area contributed by atoms with Gasteiger partial charge in [-0.3, -0.25) is 4.79 Å². The first-order chi connectivity index (χ1) is 14.1. The number of hydrogen-bond acceptors (Lipinski definition) is 4. The number of nitrogens with two attached hydrogens (primary N) is 2. The first kappa shape index (κ1) is 19.9. The van der Waals surface area contributed by atoms with Crippen molar-refractivity contribution >= 4 is 29.1 Å². The Kier molecular flexibility index (Phi) is 6.43. The van der Waals surface area contributed by atoms with Gasteiger partial charge in [-0.05, 0) is 53.8 Å². The number of aromatic nitrogens is 1. The molecule has 0 bridgehead atoms. The van der Waals surface area contributed by atoms with Crippen LogP contribution >= 0.6 is 0 Å². The lowest BCUT2D eigenvalue weighted by Gasteiger charge is -2.16. The lowest BCUT2D eigenvalue weighted by Crippen LogP contribution is -2.06. The van der Waals surface area contributed by atoms with Crippen molar-refractivity contribution in [3.8, 4) is 0 Å². The minimum Gasteiger partial charge on any atom is -0.399 e. The number of hydrogen-bond donors (Lipinski definition) is 3. The van der Waals surface area contributed by atoms with Gasteiger partial charge in [0, 0.05) is 29.2 Å². The van der Waals surface area contributed by atoms with Crippen LogP contribution in [0.3, 0.4) is 0 Å². The van der Waals surface area contributed by atoms with Gasteiger partial charge < -0.3 is 16.8 Å². The smallest absolute Gasteiger partial charge is 0.211 e. The molecule has 0 aliphatic heterocycles. The van der Waals surface area contributed by atoms with Gasteiger partial charge in [0.1, 0.15) is 5.82 Å². The van der Waals surface area contributed by atoms with Crippen LogP contribution in [0.5, 0.6) is 0 Å². The van der Waals surface area contributed by atoms with Crippen LogP contribution in [0.25, 0.3) is 11.1 Å². The van der Waals surface area contributed by atoms with Gasteiger partial charge in [0.05, 0.1) is 0 Å². The Morgan fingerprint density at radius 2 is 1.83 bits per heavy atom. The minimum atomic E-state index is 0.427. The van der Waals surface area contributed by atoms with E-state index in [0.29, 0.717) is 24.3 Å². The van der Waals surface area contributed by atoms with Crippen LogP contribution in [-0.4, -0.2) is 11.4 Å². The van der Waals surface area contributed by atoms with E-state index in [1.165, 1.54) is 5.56 Å². The molecule has 2 aromatic carbocycles. The Morgan fingerprint density at radius 3 is 2.55 bits per heavy atom. The highest BCUT2D eigenvalue weighted by molar-refractivity contribution is 6.07. The molecule has 0 saturated carbocycles. The Hall–Kier alpha value is -3.86. The summed E-state index contributed by atoms with van der Waals surface area (Å²) in [5, 5.41) is 2.66. The van der Waals surface area contributed by atoms with Crippen LogP contribution in [0.1, 0.15) is 22.3 Å². The van der Waals surface area contributed by atoms with Crippen molar-refractivity contribution in [3.63, 3.8) is 0 Å². The number of nitrogens with one attached hydrogen (secondary N) is 1. The number of carbonyl (C=O) groups excluding carboxylic acids is 1. The molecule has 0 saturated heterocycles. The second-order valence-electron chi connectivity index (χ2n) is 6.72. The standard InChI is InChI=1S/C24H24N4O/c1-17-12-22(24(26)28-14-17)21(11-10-18-6-3-2-4-7-18)23(15-27-16-29)19-8-5-9-20(25)13-19/h2-9,11-16H,10,25H2,1H3,(H2,26,28)(H,27,29)/b21-11-,23-15-. The maximum Gasteiger partial charge on any atom is 0.211 e.